The smallest absolute Gasteiger partial charge is 0.0759 e. The topological polar surface area (TPSA) is 9.23 Å². The molecule has 292 valence electrons. The molecule has 49 heavy (non-hydrogen) atoms. The Morgan fingerprint density at radius 2 is 1.14 bits per heavy atom. The molecule has 0 bridgehead atoms. The van der Waals surface area contributed by atoms with Crippen molar-refractivity contribution in [1.29, 1.82) is 0 Å². The summed E-state index contributed by atoms with van der Waals surface area (Å²) in [5, 5.41) is 0. The molecule has 0 radical (unpaired) electrons. The SMILES string of the molecule is C=C/C=C\C=C(\CC)C(C)OCC1CC(C)C1.C=CC.C=CC.CC.CC.CC.CC.CC1CCC(C)CC1.CC=C=C(C)C(C)=CCC. The minimum Gasteiger partial charge on any atom is -0.374 e. The Morgan fingerprint density at radius 3 is 1.45 bits per heavy atom. The predicted octanol–water partition coefficient (Wildman–Crippen LogP) is 17.3. The van der Waals surface area contributed by atoms with Crippen LogP contribution in [0.2, 0.25) is 0 Å². The van der Waals surface area contributed by atoms with E-state index in [1.165, 1.54) is 55.2 Å². The molecule has 2 aliphatic carbocycles. The highest BCUT2D eigenvalue weighted by atomic mass is 16.5. The molecule has 0 saturated heterocycles. The lowest BCUT2D eigenvalue weighted by atomic mass is 9.77. The van der Waals surface area contributed by atoms with Crippen LogP contribution in [0.15, 0.2) is 90.8 Å². The van der Waals surface area contributed by atoms with Crippen molar-refractivity contribution in [3.63, 3.8) is 0 Å². The van der Waals surface area contributed by atoms with E-state index in [2.05, 4.69) is 93.0 Å². The molecule has 1 atom stereocenters. The van der Waals surface area contributed by atoms with Crippen LogP contribution < -0.4 is 0 Å². The van der Waals surface area contributed by atoms with Crippen LogP contribution in [-0.4, -0.2) is 12.7 Å². The molecule has 0 aliphatic heterocycles. The molecule has 2 saturated carbocycles. The van der Waals surface area contributed by atoms with Crippen molar-refractivity contribution < 1.29 is 4.74 Å². The second kappa shape index (κ2) is 55.3. The van der Waals surface area contributed by atoms with Crippen LogP contribution in [-0.2, 0) is 4.74 Å². The number of hydrogen-bond acceptors (Lipinski definition) is 1. The molecule has 0 spiro atoms. The zero-order valence-corrected chi connectivity index (χ0v) is 37.4. The first-order chi connectivity index (χ1) is 23.5. The molecule has 0 heterocycles. The highest BCUT2D eigenvalue weighted by molar-refractivity contribution is 5.25. The summed E-state index contributed by atoms with van der Waals surface area (Å²) in [7, 11) is 0. The maximum atomic E-state index is 5.95. The lowest BCUT2D eigenvalue weighted by molar-refractivity contribution is 0.0201. The van der Waals surface area contributed by atoms with Gasteiger partial charge in [-0.25, -0.2) is 0 Å². The fraction of sp³-hybridized carbons (Fsp3) is 0.688. The molecule has 2 aliphatic rings. The van der Waals surface area contributed by atoms with Gasteiger partial charge in [0.1, 0.15) is 0 Å². The summed E-state index contributed by atoms with van der Waals surface area (Å²) >= 11 is 0. The van der Waals surface area contributed by atoms with Crippen LogP contribution >= 0.6 is 0 Å². The van der Waals surface area contributed by atoms with E-state index in [0.717, 1.165) is 43.1 Å². The Balaban J connectivity index is -0.0000000949. The molecule has 2 fully saturated rings. The van der Waals surface area contributed by atoms with Crippen molar-refractivity contribution in [1.82, 2.24) is 0 Å². The zero-order valence-electron chi connectivity index (χ0n) is 37.4. The van der Waals surface area contributed by atoms with Crippen molar-refractivity contribution in [2.75, 3.05) is 6.61 Å². The minimum absolute atomic E-state index is 0.241. The predicted molar refractivity (Wildman–Crippen MR) is 236 cm³/mol. The lowest BCUT2D eigenvalue weighted by Gasteiger charge is -2.33. The van der Waals surface area contributed by atoms with Crippen molar-refractivity contribution in [3.8, 4) is 0 Å². The molecule has 0 amide bonds. The Hall–Kier alpha value is -2.08. The number of allylic oxidation sites excluding steroid dienone is 9. The highest BCUT2D eigenvalue weighted by Crippen LogP contribution is 2.33. The largest absolute Gasteiger partial charge is 0.374 e. The molecule has 0 aromatic carbocycles. The number of ether oxygens (including phenoxy) is 1. The second-order valence-corrected chi connectivity index (χ2v) is 11.7. The molecule has 1 nitrogen and oxygen atoms in total. The Morgan fingerprint density at radius 1 is 0.735 bits per heavy atom. The van der Waals surface area contributed by atoms with Crippen molar-refractivity contribution in [2.24, 2.45) is 23.7 Å². The average molecular weight is 687 g/mol. The zero-order chi connectivity index (χ0) is 40.1. The first-order valence-corrected chi connectivity index (χ1v) is 20.3. The maximum Gasteiger partial charge on any atom is 0.0759 e. The molecular weight excluding hydrogens is 593 g/mol. The van der Waals surface area contributed by atoms with E-state index < -0.39 is 0 Å². The molecule has 1 unspecified atom stereocenters. The monoisotopic (exact) mass is 687 g/mol. The summed E-state index contributed by atoms with van der Waals surface area (Å²) < 4.78 is 5.95. The van der Waals surface area contributed by atoms with Crippen molar-refractivity contribution in [2.45, 2.75) is 189 Å². The summed E-state index contributed by atoms with van der Waals surface area (Å²) in [4.78, 5) is 0. The van der Waals surface area contributed by atoms with E-state index in [1.54, 1.807) is 18.2 Å². The third-order valence-electron chi connectivity index (χ3n) is 7.31. The van der Waals surface area contributed by atoms with Gasteiger partial charge < -0.3 is 4.74 Å². The van der Waals surface area contributed by atoms with E-state index in [4.69, 9.17) is 4.74 Å². The van der Waals surface area contributed by atoms with Crippen LogP contribution in [0.1, 0.15) is 183 Å². The first-order valence-electron chi connectivity index (χ1n) is 20.3. The second-order valence-electron chi connectivity index (χ2n) is 11.7. The van der Waals surface area contributed by atoms with Gasteiger partial charge in [0.25, 0.3) is 0 Å². The van der Waals surface area contributed by atoms with Crippen LogP contribution in [0.5, 0.6) is 0 Å². The van der Waals surface area contributed by atoms with Crippen LogP contribution in [0.3, 0.4) is 0 Å². The van der Waals surface area contributed by atoms with Gasteiger partial charge in [0.15, 0.2) is 0 Å². The fourth-order valence-electron chi connectivity index (χ4n) is 4.61. The Labute approximate surface area is 314 Å². The van der Waals surface area contributed by atoms with Crippen molar-refractivity contribution >= 4 is 0 Å². The standard InChI is InChI=1S/C16H26O.C10H16.C8H16.2C3H6.4C2H6/c1-5-7-8-9-16(6-2)14(4)17-12-15-10-13(3)11-15;1-5-7-9(3)10(4)8-6-2;1-7-3-5-8(2)6-4-7;2*1-3-2;4*1-2/h5,7-9,13-15H,1,6,10-12H2,2-4H3;5,8H,6H2,1-4H3;7-8H,3-6H2,1-2H3;2*3H,1H2,2H3;4*1-2H3/b8-7-,16-9-;;;;;;;;. The third-order valence-corrected chi connectivity index (χ3v) is 7.31. The summed E-state index contributed by atoms with van der Waals surface area (Å²) in [5.41, 5.74) is 7.08. The fourth-order valence-corrected chi connectivity index (χ4v) is 4.61. The molecular formula is C48H94O. The lowest BCUT2D eigenvalue weighted by Crippen LogP contribution is -2.27. The quantitative estimate of drug-likeness (QED) is 0.133. The van der Waals surface area contributed by atoms with Gasteiger partial charge in [0.05, 0.1) is 12.7 Å². The maximum absolute atomic E-state index is 5.95. The van der Waals surface area contributed by atoms with Gasteiger partial charge in [-0.1, -0.05) is 165 Å². The molecule has 1 heteroatoms. The Kier molecular flexibility index (Phi) is 70.1. The van der Waals surface area contributed by atoms with Gasteiger partial charge >= 0.3 is 0 Å². The van der Waals surface area contributed by atoms with Gasteiger partial charge in [-0.15, -0.1) is 18.9 Å². The van der Waals surface area contributed by atoms with E-state index in [-0.39, 0.29) is 6.10 Å². The average Bonchev–Trinajstić information content (AvgIpc) is 3.11. The van der Waals surface area contributed by atoms with Gasteiger partial charge in [0, 0.05) is 0 Å². The van der Waals surface area contributed by atoms with Gasteiger partial charge in [-0.05, 0) is 114 Å². The van der Waals surface area contributed by atoms with Gasteiger partial charge in [0.2, 0.25) is 0 Å². The van der Waals surface area contributed by atoms with E-state index in [0.29, 0.717) is 0 Å². The number of hydrogen-bond donors (Lipinski definition) is 0. The summed E-state index contributed by atoms with van der Waals surface area (Å²) in [6.45, 7) is 50.8. The van der Waals surface area contributed by atoms with Crippen LogP contribution in [0.25, 0.3) is 0 Å². The van der Waals surface area contributed by atoms with E-state index >= 15 is 0 Å². The number of rotatable bonds is 9. The summed E-state index contributed by atoms with van der Waals surface area (Å²) in [6.07, 6.45) is 26.6. The molecule has 2 rings (SSSR count). The summed E-state index contributed by atoms with van der Waals surface area (Å²) in [5.74, 6) is 3.75. The first kappa shape index (κ1) is 62.1. The van der Waals surface area contributed by atoms with E-state index in [9.17, 15) is 0 Å². The Bertz CT molecular complexity index is 769. The highest BCUT2D eigenvalue weighted by Gasteiger charge is 2.26. The minimum atomic E-state index is 0.241. The van der Waals surface area contributed by atoms with E-state index in [1.807, 2.05) is 94.4 Å². The van der Waals surface area contributed by atoms with Crippen LogP contribution in [0, 0.1) is 23.7 Å². The normalized spacial score (nSPS) is 19.0. The molecule has 0 aromatic heterocycles. The summed E-state index contributed by atoms with van der Waals surface area (Å²) in [6, 6.07) is 0. The van der Waals surface area contributed by atoms with Crippen molar-refractivity contribution in [3.05, 3.63) is 90.8 Å². The third kappa shape index (κ3) is 50.4. The van der Waals surface area contributed by atoms with Gasteiger partial charge in [-0.3, -0.25) is 0 Å². The molecule has 0 N–H and O–H groups in total. The van der Waals surface area contributed by atoms with Crippen LogP contribution in [0.4, 0.5) is 0 Å². The molecule has 0 aromatic rings. The van der Waals surface area contributed by atoms with Gasteiger partial charge in [-0.2, -0.15) is 0 Å².